The van der Waals surface area contributed by atoms with Crippen LogP contribution in [-0.4, -0.2) is 24.7 Å². The minimum Gasteiger partial charge on any atom is -0.452 e. The van der Waals surface area contributed by atoms with E-state index < -0.39 is 5.97 Å². The van der Waals surface area contributed by atoms with Crippen LogP contribution >= 0.6 is 11.8 Å². The summed E-state index contributed by atoms with van der Waals surface area (Å²) in [6.07, 6.45) is 2.59. The Kier molecular flexibility index (Phi) is 6.87. The van der Waals surface area contributed by atoms with Crippen molar-refractivity contribution in [2.24, 2.45) is 0 Å². The second kappa shape index (κ2) is 9.76. The minimum absolute atomic E-state index is 0.331. The SMILES string of the molecule is CSc1cccc(NC(=O)COC(=O)c2ccccc2Cc2ccccc2)c1. The number of nitrogens with one attached hydrogen (secondary N) is 1. The zero-order valence-electron chi connectivity index (χ0n) is 15.6. The van der Waals surface area contributed by atoms with Crippen LogP contribution in [0.2, 0.25) is 0 Å². The van der Waals surface area contributed by atoms with Gasteiger partial charge in [0, 0.05) is 10.6 Å². The van der Waals surface area contributed by atoms with Crippen molar-refractivity contribution in [1.29, 1.82) is 0 Å². The van der Waals surface area contributed by atoms with Crippen LogP contribution < -0.4 is 5.32 Å². The first-order valence-corrected chi connectivity index (χ1v) is 10.1. The van der Waals surface area contributed by atoms with Crippen molar-refractivity contribution in [1.82, 2.24) is 0 Å². The number of carbonyl (C=O) groups is 2. The molecule has 0 atom stereocenters. The third kappa shape index (κ3) is 5.47. The molecule has 0 saturated carbocycles. The predicted molar refractivity (Wildman–Crippen MR) is 113 cm³/mol. The molecule has 3 rings (SSSR count). The molecule has 0 fully saturated rings. The molecule has 3 aromatic carbocycles. The van der Waals surface area contributed by atoms with E-state index in [4.69, 9.17) is 4.74 Å². The van der Waals surface area contributed by atoms with Crippen LogP contribution in [-0.2, 0) is 16.0 Å². The van der Waals surface area contributed by atoms with E-state index in [-0.39, 0.29) is 12.5 Å². The molecule has 0 radical (unpaired) electrons. The fraction of sp³-hybridized carbons (Fsp3) is 0.130. The maximum Gasteiger partial charge on any atom is 0.338 e. The molecule has 0 heterocycles. The van der Waals surface area contributed by atoms with Crippen molar-refractivity contribution in [3.05, 3.63) is 95.6 Å². The van der Waals surface area contributed by atoms with Gasteiger partial charge in [0.05, 0.1) is 5.56 Å². The standard InChI is InChI=1S/C23H21NO3S/c1-28-20-12-7-11-19(15-20)24-22(25)16-27-23(26)21-13-6-5-10-18(21)14-17-8-3-2-4-9-17/h2-13,15H,14,16H2,1H3,(H,24,25). The number of carbonyl (C=O) groups excluding carboxylic acids is 2. The monoisotopic (exact) mass is 391 g/mol. The summed E-state index contributed by atoms with van der Waals surface area (Å²) in [6.45, 7) is -0.331. The van der Waals surface area contributed by atoms with Crippen molar-refractivity contribution in [2.45, 2.75) is 11.3 Å². The van der Waals surface area contributed by atoms with Gasteiger partial charge in [-0.15, -0.1) is 11.8 Å². The van der Waals surface area contributed by atoms with Crippen molar-refractivity contribution in [3.8, 4) is 0 Å². The molecular weight excluding hydrogens is 370 g/mol. The molecule has 0 aromatic heterocycles. The van der Waals surface area contributed by atoms with Crippen LogP contribution in [0.1, 0.15) is 21.5 Å². The highest BCUT2D eigenvalue weighted by atomic mass is 32.2. The Morgan fingerprint density at radius 3 is 2.46 bits per heavy atom. The summed E-state index contributed by atoms with van der Waals surface area (Å²) in [4.78, 5) is 25.7. The Hall–Kier alpha value is -3.05. The highest BCUT2D eigenvalue weighted by molar-refractivity contribution is 7.98. The summed E-state index contributed by atoms with van der Waals surface area (Å²) in [5, 5.41) is 2.75. The summed E-state index contributed by atoms with van der Waals surface area (Å²) in [7, 11) is 0. The van der Waals surface area contributed by atoms with Crippen molar-refractivity contribution in [2.75, 3.05) is 18.2 Å². The molecule has 4 nitrogen and oxygen atoms in total. The minimum atomic E-state index is -0.500. The molecule has 0 saturated heterocycles. The van der Waals surface area contributed by atoms with E-state index in [1.165, 1.54) is 0 Å². The largest absolute Gasteiger partial charge is 0.452 e. The summed E-state index contributed by atoms with van der Waals surface area (Å²) < 4.78 is 5.24. The van der Waals surface area contributed by atoms with Gasteiger partial charge in [0.1, 0.15) is 0 Å². The zero-order chi connectivity index (χ0) is 19.8. The Morgan fingerprint density at radius 2 is 1.68 bits per heavy atom. The molecular formula is C23H21NO3S. The van der Waals surface area contributed by atoms with Gasteiger partial charge in [0.25, 0.3) is 5.91 Å². The van der Waals surface area contributed by atoms with E-state index in [2.05, 4.69) is 5.32 Å². The predicted octanol–water partition coefficient (Wildman–Crippen LogP) is 4.79. The number of amides is 1. The van der Waals surface area contributed by atoms with E-state index in [1.54, 1.807) is 30.0 Å². The topological polar surface area (TPSA) is 55.4 Å². The van der Waals surface area contributed by atoms with Gasteiger partial charge in [-0.3, -0.25) is 4.79 Å². The number of benzene rings is 3. The van der Waals surface area contributed by atoms with Crippen LogP contribution in [0, 0.1) is 0 Å². The Bertz CT molecular complexity index is 957. The highest BCUT2D eigenvalue weighted by Gasteiger charge is 2.14. The molecule has 1 amide bonds. The average molecular weight is 391 g/mol. The van der Waals surface area contributed by atoms with E-state index in [0.29, 0.717) is 17.7 Å². The first-order chi connectivity index (χ1) is 13.7. The summed E-state index contributed by atoms with van der Waals surface area (Å²) in [6, 6.07) is 24.7. The first kappa shape index (κ1) is 19.7. The maximum atomic E-state index is 12.5. The van der Waals surface area contributed by atoms with Crippen LogP contribution in [0.5, 0.6) is 0 Å². The van der Waals surface area contributed by atoms with Crippen LogP contribution in [0.25, 0.3) is 0 Å². The first-order valence-electron chi connectivity index (χ1n) is 8.88. The third-order valence-corrected chi connectivity index (χ3v) is 4.89. The second-order valence-corrected chi connectivity index (χ2v) is 7.06. The van der Waals surface area contributed by atoms with Gasteiger partial charge in [-0.25, -0.2) is 4.79 Å². The number of esters is 1. The molecule has 5 heteroatoms. The average Bonchev–Trinajstić information content (AvgIpc) is 2.73. The normalized spacial score (nSPS) is 10.3. The Balaban J connectivity index is 1.61. The number of thioether (sulfide) groups is 1. The fourth-order valence-electron chi connectivity index (χ4n) is 2.80. The highest BCUT2D eigenvalue weighted by Crippen LogP contribution is 2.19. The number of anilines is 1. The fourth-order valence-corrected chi connectivity index (χ4v) is 3.26. The second-order valence-electron chi connectivity index (χ2n) is 6.18. The summed E-state index contributed by atoms with van der Waals surface area (Å²) >= 11 is 1.59. The Morgan fingerprint density at radius 1 is 0.929 bits per heavy atom. The number of hydrogen-bond acceptors (Lipinski definition) is 4. The van der Waals surface area contributed by atoms with Crippen LogP contribution in [0.15, 0.2) is 83.8 Å². The van der Waals surface area contributed by atoms with Gasteiger partial charge in [-0.2, -0.15) is 0 Å². The van der Waals surface area contributed by atoms with E-state index >= 15 is 0 Å². The lowest BCUT2D eigenvalue weighted by Crippen LogP contribution is -2.21. The van der Waals surface area contributed by atoms with Crippen molar-refractivity contribution < 1.29 is 14.3 Å². The van der Waals surface area contributed by atoms with Gasteiger partial charge in [0.15, 0.2) is 6.61 Å². The van der Waals surface area contributed by atoms with E-state index in [0.717, 1.165) is 16.0 Å². The summed E-state index contributed by atoms with van der Waals surface area (Å²) in [5.74, 6) is -0.869. The van der Waals surface area contributed by atoms with E-state index in [1.807, 2.05) is 66.9 Å². The molecule has 0 aliphatic carbocycles. The van der Waals surface area contributed by atoms with Crippen molar-refractivity contribution in [3.63, 3.8) is 0 Å². The van der Waals surface area contributed by atoms with E-state index in [9.17, 15) is 9.59 Å². The van der Waals surface area contributed by atoms with Crippen LogP contribution in [0.3, 0.4) is 0 Å². The molecule has 0 unspecified atom stereocenters. The number of ether oxygens (including phenoxy) is 1. The lowest BCUT2D eigenvalue weighted by Gasteiger charge is -2.10. The third-order valence-electron chi connectivity index (χ3n) is 4.16. The molecule has 1 N–H and O–H groups in total. The van der Waals surface area contributed by atoms with Gasteiger partial charge in [0.2, 0.25) is 0 Å². The number of rotatable bonds is 7. The Labute approximate surface area is 168 Å². The van der Waals surface area contributed by atoms with Gasteiger partial charge >= 0.3 is 5.97 Å². The van der Waals surface area contributed by atoms with Gasteiger partial charge in [-0.1, -0.05) is 54.6 Å². The molecule has 0 aliphatic rings. The lowest BCUT2D eigenvalue weighted by atomic mass is 10.00. The summed E-state index contributed by atoms with van der Waals surface area (Å²) in [5.41, 5.74) is 3.13. The molecule has 142 valence electrons. The van der Waals surface area contributed by atoms with Crippen molar-refractivity contribution >= 4 is 29.3 Å². The van der Waals surface area contributed by atoms with Gasteiger partial charge in [-0.05, 0) is 48.1 Å². The molecule has 0 aliphatic heterocycles. The molecule has 28 heavy (non-hydrogen) atoms. The van der Waals surface area contributed by atoms with Gasteiger partial charge < -0.3 is 10.1 Å². The number of hydrogen-bond donors (Lipinski definition) is 1. The maximum absolute atomic E-state index is 12.5. The quantitative estimate of drug-likeness (QED) is 0.465. The van der Waals surface area contributed by atoms with Crippen LogP contribution in [0.4, 0.5) is 5.69 Å². The zero-order valence-corrected chi connectivity index (χ0v) is 16.4. The molecule has 0 bridgehead atoms. The molecule has 0 spiro atoms. The molecule has 3 aromatic rings. The lowest BCUT2D eigenvalue weighted by molar-refractivity contribution is -0.119. The smallest absolute Gasteiger partial charge is 0.338 e.